The highest BCUT2D eigenvalue weighted by Crippen LogP contribution is 2.27. The Labute approximate surface area is 196 Å². The standard InChI is InChI=1S/C24H25N5O3S/c1-16-20(33-23(25-16)18-8-4-2-5-9-18)22(31)28-27-21(30)17-12-14-29(15-13-17)24(32)26-19-10-6-3-7-11-19/h2-11,17H,12-15H2,1H3,(H,26,32)(H,27,30)(H,28,31). The van der Waals surface area contributed by atoms with Crippen LogP contribution < -0.4 is 16.2 Å². The molecule has 1 saturated heterocycles. The fourth-order valence-electron chi connectivity index (χ4n) is 3.66. The molecule has 1 fully saturated rings. The summed E-state index contributed by atoms with van der Waals surface area (Å²) in [6, 6.07) is 18.7. The minimum Gasteiger partial charge on any atom is -0.324 e. The average molecular weight is 464 g/mol. The largest absolute Gasteiger partial charge is 0.324 e. The molecule has 9 heteroatoms. The summed E-state index contributed by atoms with van der Waals surface area (Å²) in [5, 5.41) is 3.61. The molecule has 3 aromatic rings. The van der Waals surface area contributed by atoms with E-state index in [2.05, 4.69) is 21.2 Å². The van der Waals surface area contributed by atoms with Crippen LogP contribution in [-0.4, -0.2) is 40.8 Å². The van der Waals surface area contributed by atoms with Crippen LogP contribution in [0.4, 0.5) is 10.5 Å². The van der Waals surface area contributed by atoms with Crippen molar-refractivity contribution in [1.82, 2.24) is 20.7 Å². The monoisotopic (exact) mass is 463 g/mol. The zero-order valence-electron chi connectivity index (χ0n) is 18.2. The number of urea groups is 1. The van der Waals surface area contributed by atoms with Crippen LogP contribution in [0.3, 0.4) is 0 Å². The van der Waals surface area contributed by atoms with Gasteiger partial charge < -0.3 is 10.2 Å². The number of nitrogens with zero attached hydrogens (tertiary/aromatic N) is 2. The van der Waals surface area contributed by atoms with Crippen molar-refractivity contribution in [3.8, 4) is 10.6 Å². The maximum absolute atomic E-state index is 12.6. The lowest BCUT2D eigenvalue weighted by Gasteiger charge is -2.31. The number of piperidine rings is 1. The molecule has 0 aliphatic carbocycles. The lowest BCUT2D eigenvalue weighted by molar-refractivity contribution is -0.127. The molecule has 1 aliphatic rings. The molecular formula is C24H25N5O3S. The lowest BCUT2D eigenvalue weighted by atomic mass is 9.96. The van der Waals surface area contributed by atoms with Crippen LogP contribution in [0.5, 0.6) is 0 Å². The van der Waals surface area contributed by atoms with Crippen molar-refractivity contribution in [2.24, 2.45) is 5.92 Å². The van der Waals surface area contributed by atoms with Gasteiger partial charge in [-0.05, 0) is 31.9 Å². The van der Waals surface area contributed by atoms with Crippen LogP contribution in [0.25, 0.3) is 10.6 Å². The van der Waals surface area contributed by atoms with Gasteiger partial charge in [0.1, 0.15) is 9.88 Å². The van der Waals surface area contributed by atoms with Gasteiger partial charge in [0.2, 0.25) is 5.91 Å². The summed E-state index contributed by atoms with van der Waals surface area (Å²) < 4.78 is 0. The normalized spacial score (nSPS) is 13.9. The Morgan fingerprint density at radius 3 is 2.24 bits per heavy atom. The number of benzene rings is 2. The van der Waals surface area contributed by atoms with E-state index in [1.807, 2.05) is 60.7 Å². The van der Waals surface area contributed by atoms with Crippen molar-refractivity contribution >= 4 is 34.9 Å². The summed E-state index contributed by atoms with van der Waals surface area (Å²) in [6.07, 6.45) is 1.06. The molecule has 0 radical (unpaired) electrons. The molecule has 4 amide bonds. The fourth-order valence-corrected chi connectivity index (χ4v) is 4.62. The van der Waals surface area contributed by atoms with Gasteiger partial charge in [0.25, 0.3) is 5.91 Å². The van der Waals surface area contributed by atoms with E-state index in [1.54, 1.807) is 11.8 Å². The Hall–Kier alpha value is -3.72. The molecule has 33 heavy (non-hydrogen) atoms. The summed E-state index contributed by atoms with van der Waals surface area (Å²) in [7, 11) is 0. The van der Waals surface area contributed by atoms with Crippen molar-refractivity contribution in [2.75, 3.05) is 18.4 Å². The van der Waals surface area contributed by atoms with Crippen LogP contribution in [0.15, 0.2) is 60.7 Å². The topological polar surface area (TPSA) is 103 Å². The van der Waals surface area contributed by atoms with Crippen molar-refractivity contribution in [1.29, 1.82) is 0 Å². The van der Waals surface area contributed by atoms with Crippen molar-refractivity contribution < 1.29 is 14.4 Å². The van der Waals surface area contributed by atoms with Crippen molar-refractivity contribution in [2.45, 2.75) is 19.8 Å². The van der Waals surface area contributed by atoms with Gasteiger partial charge in [-0.1, -0.05) is 48.5 Å². The van der Waals surface area contributed by atoms with E-state index in [9.17, 15) is 14.4 Å². The number of hydrazine groups is 1. The SMILES string of the molecule is Cc1nc(-c2ccccc2)sc1C(=O)NNC(=O)C1CCN(C(=O)Nc2ccccc2)CC1. The van der Waals surface area contributed by atoms with Crippen molar-refractivity contribution in [3.05, 3.63) is 71.2 Å². The predicted octanol–water partition coefficient (Wildman–Crippen LogP) is 3.82. The second-order valence-corrected chi connectivity index (χ2v) is 8.80. The maximum Gasteiger partial charge on any atom is 0.321 e. The maximum atomic E-state index is 12.6. The van der Waals surface area contributed by atoms with Gasteiger partial charge >= 0.3 is 6.03 Å². The quantitative estimate of drug-likeness (QED) is 0.512. The molecule has 170 valence electrons. The number of hydrogen-bond donors (Lipinski definition) is 3. The number of nitrogens with one attached hydrogen (secondary N) is 3. The molecule has 4 rings (SSSR count). The van der Waals surface area contributed by atoms with Gasteiger partial charge in [-0.15, -0.1) is 11.3 Å². The number of carbonyl (C=O) groups excluding carboxylic acids is 3. The molecule has 0 spiro atoms. The Balaban J connectivity index is 1.25. The number of aryl methyl sites for hydroxylation is 1. The number of likely N-dealkylation sites (tertiary alicyclic amines) is 1. The minimum atomic E-state index is -0.389. The first-order valence-corrected chi connectivity index (χ1v) is 11.6. The number of amides is 4. The number of anilines is 1. The first kappa shape index (κ1) is 22.5. The second kappa shape index (κ2) is 10.3. The van der Waals surface area contributed by atoms with E-state index in [1.165, 1.54) is 11.3 Å². The Kier molecular flexibility index (Phi) is 6.99. The third-order valence-corrected chi connectivity index (χ3v) is 6.71. The van der Waals surface area contributed by atoms with Crippen LogP contribution >= 0.6 is 11.3 Å². The average Bonchev–Trinajstić information content (AvgIpc) is 3.25. The molecule has 2 aromatic carbocycles. The first-order valence-electron chi connectivity index (χ1n) is 10.8. The Morgan fingerprint density at radius 1 is 0.939 bits per heavy atom. The number of rotatable bonds is 4. The molecule has 1 aliphatic heterocycles. The Bertz CT molecular complexity index is 1130. The first-order chi connectivity index (χ1) is 16.0. The van der Waals surface area contributed by atoms with E-state index >= 15 is 0 Å². The number of carbonyl (C=O) groups is 3. The molecule has 3 N–H and O–H groups in total. The highest BCUT2D eigenvalue weighted by Gasteiger charge is 2.28. The molecule has 2 heterocycles. The molecule has 0 bridgehead atoms. The van der Waals surface area contributed by atoms with Crippen LogP contribution in [-0.2, 0) is 4.79 Å². The van der Waals surface area contributed by atoms with Gasteiger partial charge in [0.15, 0.2) is 0 Å². The summed E-state index contributed by atoms with van der Waals surface area (Å²) >= 11 is 1.29. The molecule has 0 atom stereocenters. The van der Waals surface area contributed by atoms with E-state index in [0.717, 1.165) is 16.3 Å². The number of hydrogen-bond acceptors (Lipinski definition) is 5. The van der Waals surface area contributed by atoms with Gasteiger partial charge in [0.05, 0.1) is 5.69 Å². The molecule has 8 nitrogen and oxygen atoms in total. The molecule has 1 aromatic heterocycles. The number of para-hydroxylation sites is 1. The van der Waals surface area contributed by atoms with Gasteiger partial charge in [-0.2, -0.15) is 0 Å². The van der Waals surface area contributed by atoms with Crippen molar-refractivity contribution in [3.63, 3.8) is 0 Å². The minimum absolute atomic E-state index is 0.178. The van der Waals surface area contributed by atoms with Gasteiger partial charge in [0, 0.05) is 30.3 Å². The molecule has 0 saturated carbocycles. The highest BCUT2D eigenvalue weighted by molar-refractivity contribution is 7.17. The number of aromatic nitrogens is 1. The lowest BCUT2D eigenvalue weighted by Crippen LogP contribution is -2.48. The van der Waals surface area contributed by atoms with Gasteiger partial charge in [-0.25, -0.2) is 9.78 Å². The summed E-state index contributed by atoms with van der Waals surface area (Å²) in [5.74, 6) is -0.911. The molecular weight excluding hydrogens is 438 g/mol. The van der Waals surface area contributed by atoms with E-state index in [4.69, 9.17) is 0 Å². The smallest absolute Gasteiger partial charge is 0.321 e. The van der Waals surface area contributed by atoms with Crippen LogP contribution in [0.1, 0.15) is 28.2 Å². The van der Waals surface area contributed by atoms with E-state index in [-0.39, 0.29) is 23.8 Å². The summed E-state index contributed by atoms with van der Waals surface area (Å²) in [5.41, 5.74) is 7.33. The second-order valence-electron chi connectivity index (χ2n) is 7.80. The zero-order valence-corrected chi connectivity index (χ0v) is 19.0. The van der Waals surface area contributed by atoms with Crippen LogP contribution in [0, 0.1) is 12.8 Å². The number of thiazole rings is 1. The Morgan fingerprint density at radius 2 is 1.58 bits per heavy atom. The van der Waals surface area contributed by atoms with Gasteiger partial charge in [-0.3, -0.25) is 20.4 Å². The third kappa shape index (κ3) is 5.56. The summed E-state index contributed by atoms with van der Waals surface area (Å²) in [4.78, 5) is 44.2. The van der Waals surface area contributed by atoms with Crippen LogP contribution in [0.2, 0.25) is 0 Å². The fraction of sp³-hybridized carbons (Fsp3) is 0.250. The summed E-state index contributed by atoms with van der Waals surface area (Å²) in [6.45, 7) is 2.72. The predicted molar refractivity (Wildman–Crippen MR) is 128 cm³/mol. The highest BCUT2D eigenvalue weighted by atomic mass is 32.1. The zero-order chi connectivity index (χ0) is 23.2. The molecule has 0 unspecified atom stereocenters. The van der Waals surface area contributed by atoms with E-state index in [0.29, 0.717) is 36.5 Å². The third-order valence-electron chi connectivity index (χ3n) is 5.50. The van der Waals surface area contributed by atoms with E-state index < -0.39 is 0 Å².